The van der Waals surface area contributed by atoms with Crippen LogP contribution in [0.5, 0.6) is 0 Å². The number of aryl methyl sites for hydroxylation is 1. The van der Waals surface area contributed by atoms with E-state index in [1.54, 1.807) is 24.5 Å². The molecule has 0 unspecified atom stereocenters. The summed E-state index contributed by atoms with van der Waals surface area (Å²) < 4.78 is 15.5. The standard InChI is InChI=1S/C25H23FN8S/c1-15-14-35-25(29-15)32-23-27-12-10-19(31-23)21-20-11-13-28-24(30-18-4-2-3-5-18)34(20)33-22(21)16-6-8-17(26)9-7-16/h6-14,18H,2-5H2,1H3,(H,28,30)(H,27,29,31,32). The first-order valence-corrected chi connectivity index (χ1v) is 12.4. The van der Waals surface area contributed by atoms with Crippen LogP contribution in [-0.2, 0) is 0 Å². The molecule has 0 bridgehead atoms. The Morgan fingerprint density at radius 1 is 1.00 bits per heavy atom. The predicted molar refractivity (Wildman–Crippen MR) is 135 cm³/mol. The van der Waals surface area contributed by atoms with Crippen LogP contribution in [0.1, 0.15) is 31.4 Å². The first-order valence-electron chi connectivity index (χ1n) is 11.6. The lowest BCUT2D eigenvalue weighted by atomic mass is 10.0. The van der Waals surface area contributed by atoms with Crippen molar-refractivity contribution in [1.82, 2.24) is 29.5 Å². The molecule has 0 spiro atoms. The molecule has 0 saturated heterocycles. The van der Waals surface area contributed by atoms with Gasteiger partial charge in [0.25, 0.3) is 0 Å². The van der Waals surface area contributed by atoms with Gasteiger partial charge in [0.2, 0.25) is 11.9 Å². The quantitative estimate of drug-likeness (QED) is 0.311. The minimum absolute atomic E-state index is 0.295. The SMILES string of the molecule is Cc1csc(Nc2nccc(-c3c(-c4ccc(F)cc4)nn4c(NC5CCCC5)nccc34)n2)n1. The van der Waals surface area contributed by atoms with Gasteiger partial charge in [-0.25, -0.2) is 24.3 Å². The van der Waals surface area contributed by atoms with Crippen LogP contribution in [0, 0.1) is 12.7 Å². The summed E-state index contributed by atoms with van der Waals surface area (Å²) in [5.74, 6) is 0.839. The molecule has 1 saturated carbocycles. The van der Waals surface area contributed by atoms with E-state index in [0.717, 1.165) is 40.3 Å². The van der Waals surface area contributed by atoms with Gasteiger partial charge in [-0.3, -0.25) is 0 Å². The van der Waals surface area contributed by atoms with E-state index in [1.165, 1.54) is 36.3 Å². The lowest BCUT2D eigenvalue weighted by Crippen LogP contribution is -2.18. The zero-order valence-corrected chi connectivity index (χ0v) is 19.9. The minimum atomic E-state index is -0.295. The molecule has 0 aliphatic heterocycles. The highest BCUT2D eigenvalue weighted by atomic mass is 32.1. The van der Waals surface area contributed by atoms with Gasteiger partial charge < -0.3 is 10.6 Å². The van der Waals surface area contributed by atoms with Crippen molar-refractivity contribution >= 4 is 33.9 Å². The van der Waals surface area contributed by atoms with Crippen molar-refractivity contribution < 1.29 is 4.39 Å². The molecule has 2 N–H and O–H groups in total. The molecule has 1 aliphatic carbocycles. The molecule has 1 fully saturated rings. The zero-order chi connectivity index (χ0) is 23.8. The minimum Gasteiger partial charge on any atom is -0.351 e. The summed E-state index contributed by atoms with van der Waals surface area (Å²) in [5, 5.41) is 14.4. The zero-order valence-electron chi connectivity index (χ0n) is 19.1. The summed E-state index contributed by atoms with van der Waals surface area (Å²) in [5.41, 5.74) is 4.81. The van der Waals surface area contributed by atoms with E-state index in [1.807, 2.05) is 29.0 Å². The Morgan fingerprint density at radius 2 is 1.80 bits per heavy atom. The van der Waals surface area contributed by atoms with Gasteiger partial charge in [0.15, 0.2) is 5.13 Å². The van der Waals surface area contributed by atoms with E-state index >= 15 is 0 Å². The van der Waals surface area contributed by atoms with Crippen molar-refractivity contribution in [3.05, 3.63) is 65.7 Å². The molecule has 4 heterocycles. The average molecular weight is 487 g/mol. The molecule has 0 atom stereocenters. The van der Waals surface area contributed by atoms with Crippen LogP contribution in [-0.4, -0.2) is 35.6 Å². The predicted octanol–water partition coefficient (Wildman–Crippen LogP) is 5.86. The van der Waals surface area contributed by atoms with E-state index in [-0.39, 0.29) is 5.82 Å². The number of nitrogens with zero attached hydrogens (tertiary/aromatic N) is 6. The summed E-state index contributed by atoms with van der Waals surface area (Å²) in [4.78, 5) is 18.2. The first kappa shape index (κ1) is 21.6. The Labute approximate surface area is 205 Å². The van der Waals surface area contributed by atoms with Crippen LogP contribution in [0.25, 0.3) is 28.0 Å². The largest absolute Gasteiger partial charge is 0.351 e. The Bertz CT molecular complexity index is 1490. The molecule has 8 nitrogen and oxygen atoms in total. The van der Waals surface area contributed by atoms with E-state index in [2.05, 4.69) is 25.6 Å². The number of benzene rings is 1. The van der Waals surface area contributed by atoms with Gasteiger partial charge in [0, 0.05) is 29.4 Å². The van der Waals surface area contributed by atoms with E-state index in [9.17, 15) is 4.39 Å². The van der Waals surface area contributed by atoms with Gasteiger partial charge >= 0.3 is 0 Å². The highest BCUT2D eigenvalue weighted by Gasteiger charge is 2.22. The van der Waals surface area contributed by atoms with Gasteiger partial charge in [-0.2, -0.15) is 9.61 Å². The van der Waals surface area contributed by atoms with Crippen LogP contribution in [0.15, 0.2) is 54.2 Å². The monoisotopic (exact) mass is 486 g/mol. The van der Waals surface area contributed by atoms with Gasteiger partial charge in [-0.1, -0.05) is 12.8 Å². The second-order valence-corrected chi connectivity index (χ2v) is 9.46. The number of thiazole rings is 1. The molecule has 1 aliphatic rings. The van der Waals surface area contributed by atoms with Crippen molar-refractivity contribution in [3.63, 3.8) is 0 Å². The molecule has 176 valence electrons. The Balaban J connectivity index is 1.49. The maximum atomic E-state index is 13.7. The molecule has 5 aromatic rings. The molecular weight excluding hydrogens is 463 g/mol. The second-order valence-electron chi connectivity index (χ2n) is 8.61. The average Bonchev–Trinajstić information content (AvgIpc) is 3.60. The van der Waals surface area contributed by atoms with Crippen molar-refractivity contribution in [2.75, 3.05) is 10.6 Å². The molecular formula is C25H23FN8S. The fourth-order valence-corrected chi connectivity index (χ4v) is 5.14. The highest BCUT2D eigenvalue weighted by molar-refractivity contribution is 7.13. The summed E-state index contributed by atoms with van der Waals surface area (Å²) in [7, 11) is 0. The van der Waals surface area contributed by atoms with E-state index in [4.69, 9.17) is 10.1 Å². The summed E-state index contributed by atoms with van der Waals surface area (Å²) in [6.07, 6.45) is 8.16. The van der Waals surface area contributed by atoms with E-state index in [0.29, 0.717) is 29.3 Å². The third kappa shape index (κ3) is 4.32. The number of nitrogens with one attached hydrogen (secondary N) is 2. The molecule has 10 heteroatoms. The van der Waals surface area contributed by atoms with Crippen LogP contribution < -0.4 is 10.6 Å². The molecule has 4 aromatic heterocycles. The smallest absolute Gasteiger partial charge is 0.229 e. The van der Waals surface area contributed by atoms with Crippen LogP contribution in [0.4, 0.5) is 21.4 Å². The Kier molecular flexibility index (Phi) is 5.57. The number of aromatic nitrogens is 6. The van der Waals surface area contributed by atoms with Gasteiger partial charge in [0.1, 0.15) is 11.5 Å². The maximum Gasteiger partial charge on any atom is 0.229 e. The van der Waals surface area contributed by atoms with Crippen LogP contribution in [0.2, 0.25) is 0 Å². The van der Waals surface area contributed by atoms with Crippen molar-refractivity contribution in [2.45, 2.75) is 38.6 Å². The number of fused-ring (bicyclic) bond motifs is 1. The Hall–Kier alpha value is -3.92. The highest BCUT2D eigenvalue weighted by Crippen LogP contribution is 2.36. The maximum absolute atomic E-state index is 13.7. The van der Waals surface area contributed by atoms with Gasteiger partial charge in [-0.05, 0) is 56.2 Å². The molecule has 0 amide bonds. The van der Waals surface area contributed by atoms with Gasteiger partial charge in [0.05, 0.1) is 22.5 Å². The summed E-state index contributed by atoms with van der Waals surface area (Å²) >= 11 is 1.50. The molecule has 1 aromatic carbocycles. The molecule has 6 rings (SSSR count). The summed E-state index contributed by atoms with van der Waals surface area (Å²) in [6.45, 7) is 1.94. The Morgan fingerprint density at radius 3 is 2.57 bits per heavy atom. The van der Waals surface area contributed by atoms with Crippen molar-refractivity contribution in [2.24, 2.45) is 0 Å². The normalized spacial score (nSPS) is 14.0. The second kappa shape index (κ2) is 9.03. The van der Waals surface area contributed by atoms with Crippen molar-refractivity contribution in [3.8, 4) is 22.5 Å². The fourth-order valence-electron chi connectivity index (χ4n) is 4.46. The number of halogens is 1. The number of hydrogen-bond donors (Lipinski definition) is 2. The third-order valence-corrected chi connectivity index (χ3v) is 6.98. The van der Waals surface area contributed by atoms with Gasteiger partial charge in [-0.15, -0.1) is 11.3 Å². The topological polar surface area (TPSA) is 92.9 Å². The summed E-state index contributed by atoms with van der Waals surface area (Å²) in [6, 6.07) is 10.5. The molecule has 0 radical (unpaired) electrons. The van der Waals surface area contributed by atoms with Crippen LogP contribution >= 0.6 is 11.3 Å². The first-order chi connectivity index (χ1) is 17.1. The van der Waals surface area contributed by atoms with Crippen molar-refractivity contribution in [1.29, 1.82) is 0 Å². The third-order valence-electron chi connectivity index (χ3n) is 6.11. The van der Waals surface area contributed by atoms with Crippen LogP contribution in [0.3, 0.4) is 0 Å². The fraction of sp³-hybridized carbons (Fsp3) is 0.240. The van der Waals surface area contributed by atoms with E-state index < -0.39 is 0 Å². The number of hydrogen-bond acceptors (Lipinski definition) is 8. The number of anilines is 3. The lowest BCUT2D eigenvalue weighted by molar-refractivity contribution is 0.628. The number of rotatable bonds is 6. The lowest BCUT2D eigenvalue weighted by Gasteiger charge is -2.13. The molecule has 35 heavy (non-hydrogen) atoms.